The number of benzene rings is 2. The van der Waals surface area contributed by atoms with E-state index in [2.05, 4.69) is 11.6 Å². The second-order valence-electron chi connectivity index (χ2n) is 7.28. The van der Waals surface area contributed by atoms with Gasteiger partial charge in [-0.05, 0) is 60.0 Å². The standard InChI is InChI=1S/C23H20N2O4S2/c1-16(2)22-15-21-20(17-9-11-18(12-10-17)30(3,26)27)13-14-24-23(21)25(22)31(28,29)19-7-5-4-6-8-19/h4-15H,1H2,2-3H3. The first-order valence-electron chi connectivity index (χ1n) is 9.38. The van der Waals surface area contributed by atoms with Crippen molar-refractivity contribution in [2.45, 2.75) is 16.7 Å². The van der Waals surface area contributed by atoms with Gasteiger partial charge in [0.05, 0.1) is 15.5 Å². The summed E-state index contributed by atoms with van der Waals surface area (Å²) in [6.45, 7) is 5.69. The van der Waals surface area contributed by atoms with E-state index in [0.29, 0.717) is 16.7 Å². The van der Waals surface area contributed by atoms with E-state index >= 15 is 0 Å². The van der Waals surface area contributed by atoms with E-state index in [1.165, 1.54) is 28.2 Å². The van der Waals surface area contributed by atoms with Crippen LogP contribution >= 0.6 is 0 Å². The van der Waals surface area contributed by atoms with Crippen molar-refractivity contribution in [3.63, 3.8) is 0 Å². The smallest absolute Gasteiger partial charge is 0.237 e. The minimum absolute atomic E-state index is 0.153. The third-order valence-electron chi connectivity index (χ3n) is 4.97. The average Bonchev–Trinajstić information content (AvgIpc) is 3.15. The van der Waals surface area contributed by atoms with Gasteiger partial charge in [-0.1, -0.05) is 36.9 Å². The van der Waals surface area contributed by atoms with Gasteiger partial charge in [0.15, 0.2) is 15.5 Å². The lowest BCUT2D eigenvalue weighted by atomic mass is 10.0. The van der Waals surface area contributed by atoms with Crippen LogP contribution in [0.1, 0.15) is 12.6 Å². The topological polar surface area (TPSA) is 86.1 Å². The lowest BCUT2D eigenvalue weighted by Gasteiger charge is -2.11. The predicted octanol–water partition coefficient (Wildman–Crippen LogP) is 4.38. The Balaban J connectivity index is 1.99. The molecule has 2 aromatic heterocycles. The maximum atomic E-state index is 13.5. The molecule has 0 aliphatic heterocycles. The molecule has 158 valence electrons. The van der Waals surface area contributed by atoms with Gasteiger partial charge < -0.3 is 0 Å². The Morgan fingerprint density at radius 2 is 1.55 bits per heavy atom. The zero-order valence-corrected chi connectivity index (χ0v) is 18.6. The second-order valence-corrected chi connectivity index (χ2v) is 11.1. The van der Waals surface area contributed by atoms with Crippen molar-refractivity contribution in [1.29, 1.82) is 0 Å². The van der Waals surface area contributed by atoms with Gasteiger partial charge in [-0.25, -0.2) is 25.8 Å². The van der Waals surface area contributed by atoms with E-state index in [1.807, 2.05) is 0 Å². The maximum Gasteiger partial charge on any atom is 0.269 e. The first-order valence-corrected chi connectivity index (χ1v) is 12.7. The Morgan fingerprint density at radius 1 is 0.903 bits per heavy atom. The van der Waals surface area contributed by atoms with Gasteiger partial charge in [0, 0.05) is 17.8 Å². The molecule has 0 radical (unpaired) electrons. The highest BCUT2D eigenvalue weighted by Gasteiger charge is 2.25. The molecule has 0 aliphatic carbocycles. The number of hydrogen-bond acceptors (Lipinski definition) is 5. The molecule has 0 N–H and O–H groups in total. The highest BCUT2D eigenvalue weighted by molar-refractivity contribution is 7.90. The van der Waals surface area contributed by atoms with Crippen molar-refractivity contribution >= 4 is 36.5 Å². The van der Waals surface area contributed by atoms with Crippen LogP contribution in [0, 0.1) is 0 Å². The molecule has 2 heterocycles. The molecule has 0 fully saturated rings. The van der Waals surface area contributed by atoms with Gasteiger partial charge in [0.1, 0.15) is 0 Å². The number of aromatic nitrogens is 2. The first-order chi connectivity index (χ1) is 14.6. The Kier molecular flexibility index (Phi) is 5.07. The fourth-order valence-corrected chi connectivity index (χ4v) is 5.63. The zero-order valence-electron chi connectivity index (χ0n) is 17.0. The largest absolute Gasteiger partial charge is 0.269 e. The second kappa shape index (κ2) is 7.47. The molecule has 0 bridgehead atoms. The van der Waals surface area contributed by atoms with Crippen molar-refractivity contribution < 1.29 is 16.8 Å². The van der Waals surface area contributed by atoms with Crippen LogP contribution in [0.5, 0.6) is 0 Å². The summed E-state index contributed by atoms with van der Waals surface area (Å²) >= 11 is 0. The minimum Gasteiger partial charge on any atom is -0.237 e. The van der Waals surface area contributed by atoms with E-state index in [0.717, 1.165) is 17.4 Å². The number of pyridine rings is 1. The fraction of sp³-hybridized carbons (Fsp3) is 0.0870. The van der Waals surface area contributed by atoms with Crippen LogP contribution in [0.4, 0.5) is 0 Å². The normalized spacial score (nSPS) is 12.2. The third kappa shape index (κ3) is 3.68. The SMILES string of the molecule is C=C(C)c1cc2c(-c3ccc(S(C)(=O)=O)cc3)ccnc2n1S(=O)(=O)c1ccccc1. The molecular weight excluding hydrogens is 432 g/mol. The van der Waals surface area contributed by atoms with E-state index in [9.17, 15) is 16.8 Å². The summed E-state index contributed by atoms with van der Waals surface area (Å²) in [6, 6.07) is 18.2. The Hall–Kier alpha value is -3.23. The Labute approximate surface area is 181 Å². The first kappa shape index (κ1) is 21.0. The highest BCUT2D eigenvalue weighted by Crippen LogP contribution is 2.34. The van der Waals surface area contributed by atoms with Crippen LogP contribution in [-0.2, 0) is 19.9 Å². The predicted molar refractivity (Wildman–Crippen MR) is 122 cm³/mol. The van der Waals surface area contributed by atoms with Crippen molar-refractivity contribution in [1.82, 2.24) is 8.96 Å². The minimum atomic E-state index is -3.91. The van der Waals surface area contributed by atoms with Crippen LogP contribution < -0.4 is 0 Å². The number of sulfone groups is 1. The number of fused-ring (bicyclic) bond motifs is 1. The quantitative estimate of drug-likeness (QED) is 0.449. The molecule has 0 aliphatic rings. The van der Waals surface area contributed by atoms with Crippen molar-refractivity contribution in [2.24, 2.45) is 0 Å². The summed E-state index contributed by atoms with van der Waals surface area (Å²) in [4.78, 5) is 4.73. The summed E-state index contributed by atoms with van der Waals surface area (Å²) < 4.78 is 51.7. The van der Waals surface area contributed by atoms with Crippen LogP contribution in [0.2, 0.25) is 0 Å². The lowest BCUT2D eigenvalue weighted by molar-refractivity contribution is 0.588. The van der Waals surface area contributed by atoms with Crippen molar-refractivity contribution in [2.75, 3.05) is 6.26 Å². The molecule has 0 atom stereocenters. The Morgan fingerprint density at radius 3 is 2.13 bits per heavy atom. The van der Waals surface area contributed by atoms with Crippen LogP contribution in [0.3, 0.4) is 0 Å². The molecule has 8 heteroatoms. The number of allylic oxidation sites excluding steroid dienone is 1. The molecule has 4 rings (SSSR count). The average molecular weight is 453 g/mol. The third-order valence-corrected chi connectivity index (χ3v) is 7.82. The molecule has 4 aromatic rings. The van der Waals surface area contributed by atoms with Gasteiger partial charge in [-0.2, -0.15) is 0 Å². The molecule has 0 spiro atoms. The lowest BCUT2D eigenvalue weighted by Crippen LogP contribution is -2.15. The van der Waals surface area contributed by atoms with Crippen LogP contribution in [-0.4, -0.2) is 32.0 Å². The fourth-order valence-electron chi connectivity index (χ4n) is 3.45. The molecule has 2 aromatic carbocycles. The van der Waals surface area contributed by atoms with Crippen molar-refractivity contribution in [3.8, 4) is 11.1 Å². The maximum absolute atomic E-state index is 13.5. The molecular formula is C23H20N2O4S2. The molecule has 6 nitrogen and oxygen atoms in total. The zero-order chi connectivity index (χ0) is 22.4. The molecule has 0 saturated carbocycles. The summed E-state index contributed by atoms with van der Waals surface area (Å²) in [7, 11) is -7.22. The van der Waals surface area contributed by atoms with E-state index in [1.54, 1.807) is 55.6 Å². The van der Waals surface area contributed by atoms with Crippen LogP contribution in [0.25, 0.3) is 27.7 Å². The molecule has 0 saturated heterocycles. The molecule has 0 unspecified atom stereocenters. The monoisotopic (exact) mass is 452 g/mol. The van der Waals surface area contributed by atoms with Crippen molar-refractivity contribution in [3.05, 3.63) is 85.2 Å². The van der Waals surface area contributed by atoms with E-state index in [4.69, 9.17) is 0 Å². The van der Waals surface area contributed by atoms with Crippen LogP contribution in [0.15, 0.2) is 89.3 Å². The Bertz CT molecular complexity index is 1520. The van der Waals surface area contributed by atoms with E-state index in [-0.39, 0.29) is 15.4 Å². The number of nitrogens with zero attached hydrogens (tertiary/aromatic N) is 2. The number of rotatable bonds is 5. The van der Waals surface area contributed by atoms with Gasteiger partial charge in [0.2, 0.25) is 0 Å². The number of hydrogen-bond donors (Lipinski definition) is 0. The summed E-state index contributed by atoms with van der Waals surface area (Å²) in [5, 5.41) is 0.632. The molecule has 0 amide bonds. The van der Waals surface area contributed by atoms with Gasteiger partial charge in [0.25, 0.3) is 10.0 Å². The summed E-state index contributed by atoms with van der Waals surface area (Å²) in [5.41, 5.74) is 2.80. The van der Waals surface area contributed by atoms with Gasteiger partial charge in [-0.15, -0.1) is 0 Å². The highest BCUT2D eigenvalue weighted by atomic mass is 32.2. The van der Waals surface area contributed by atoms with Gasteiger partial charge in [-0.3, -0.25) is 0 Å². The molecule has 31 heavy (non-hydrogen) atoms. The van der Waals surface area contributed by atoms with Gasteiger partial charge >= 0.3 is 0 Å². The van der Waals surface area contributed by atoms with E-state index < -0.39 is 19.9 Å². The summed E-state index contributed by atoms with van der Waals surface area (Å²) in [5.74, 6) is 0. The summed E-state index contributed by atoms with van der Waals surface area (Å²) in [6.07, 6.45) is 2.70.